The molecule has 1 rings (SSSR count). The van der Waals surface area contributed by atoms with Crippen LogP contribution in [-0.2, 0) is 9.47 Å². The lowest BCUT2D eigenvalue weighted by Crippen LogP contribution is -2.32. The zero-order valence-corrected chi connectivity index (χ0v) is 11.5. The normalized spacial score (nSPS) is 22.8. The van der Waals surface area contributed by atoms with Gasteiger partial charge in [0.2, 0.25) is 0 Å². The van der Waals surface area contributed by atoms with E-state index in [0.29, 0.717) is 0 Å². The first kappa shape index (κ1) is 15.4. The van der Waals surface area contributed by atoms with Gasteiger partial charge in [0.05, 0.1) is 19.3 Å². The third kappa shape index (κ3) is 5.34. The molecule has 0 unspecified atom stereocenters. The highest BCUT2D eigenvalue weighted by atomic mass is 16.7. The van der Waals surface area contributed by atoms with Crippen molar-refractivity contribution >= 4 is 0 Å². The highest BCUT2D eigenvalue weighted by Crippen LogP contribution is 2.23. The fraction of sp³-hybridized carbons (Fsp3) is 0.733. The maximum atomic E-state index is 10.2. The summed E-state index contributed by atoms with van der Waals surface area (Å²) < 4.78 is 11.0. The summed E-state index contributed by atoms with van der Waals surface area (Å²) >= 11 is 0. The molecule has 3 atom stereocenters. The summed E-state index contributed by atoms with van der Waals surface area (Å²) in [4.78, 5) is 0. The Hall–Kier alpha value is -0.640. The van der Waals surface area contributed by atoms with Crippen LogP contribution >= 0.6 is 0 Å². The molecule has 1 aliphatic heterocycles. The summed E-state index contributed by atoms with van der Waals surface area (Å²) in [5.74, 6) is 0.417. The van der Waals surface area contributed by atoms with Crippen molar-refractivity contribution in [3.63, 3.8) is 0 Å². The van der Waals surface area contributed by atoms with Gasteiger partial charge in [-0.05, 0) is 24.7 Å². The van der Waals surface area contributed by atoms with Crippen LogP contribution in [0.25, 0.3) is 0 Å². The molecule has 18 heavy (non-hydrogen) atoms. The van der Waals surface area contributed by atoms with Gasteiger partial charge in [0.15, 0.2) is 6.29 Å². The van der Waals surface area contributed by atoms with Crippen molar-refractivity contribution < 1.29 is 14.6 Å². The van der Waals surface area contributed by atoms with Gasteiger partial charge >= 0.3 is 0 Å². The first-order chi connectivity index (χ1) is 8.65. The van der Waals surface area contributed by atoms with E-state index in [1.54, 1.807) is 6.08 Å². The van der Waals surface area contributed by atoms with Gasteiger partial charge in [-0.3, -0.25) is 0 Å². The largest absolute Gasteiger partial charge is 0.393 e. The van der Waals surface area contributed by atoms with Gasteiger partial charge in [-0.25, -0.2) is 0 Å². The molecule has 0 aromatic rings. The van der Waals surface area contributed by atoms with Gasteiger partial charge in [-0.15, -0.1) is 0 Å². The van der Waals surface area contributed by atoms with E-state index in [2.05, 4.69) is 20.4 Å². The monoisotopic (exact) mass is 254 g/mol. The molecule has 1 fully saturated rings. The fourth-order valence-electron chi connectivity index (χ4n) is 2.21. The summed E-state index contributed by atoms with van der Waals surface area (Å²) in [6.45, 7) is 9.29. The van der Waals surface area contributed by atoms with E-state index in [1.807, 2.05) is 12.2 Å². The van der Waals surface area contributed by atoms with E-state index in [1.165, 1.54) is 0 Å². The zero-order valence-electron chi connectivity index (χ0n) is 11.5. The lowest BCUT2D eigenvalue weighted by Gasteiger charge is -2.29. The van der Waals surface area contributed by atoms with Crippen LogP contribution in [0.3, 0.4) is 0 Å². The summed E-state index contributed by atoms with van der Waals surface area (Å²) in [6, 6.07) is 0. The Morgan fingerprint density at radius 2 is 1.94 bits per heavy atom. The Kier molecular flexibility index (Phi) is 7.25. The summed E-state index contributed by atoms with van der Waals surface area (Å²) in [6.07, 6.45) is 7.85. The highest BCUT2D eigenvalue weighted by molar-refractivity contribution is 4.98. The Balaban J connectivity index is 2.31. The first-order valence-corrected chi connectivity index (χ1v) is 6.84. The van der Waals surface area contributed by atoms with E-state index >= 15 is 0 Å². The maximum Gasteiger partial charge on any atom is 0.157 e. The van der Waals surface area contributed by atoms with Crippen molar-refractivity contribution in [1.29, 1.82) is 0 Å². The Bertz CT molecular complexity index is 256. The van der Waals surface area contributed by atoms with Crippen molar-refractivity contribution in [3.05, 3.63) is 24.8 Å². The van der Waals surface area contributed by atoms with E-state index in [4.69, 9.17) is 9.47 Å². The van der Waals surface area contributed by atoms with Gasteiger partial charge < -0.3 is 14.6 Å². The molecule has 0 saturated carbocycles. The summed E-state index contributed by atoms with van der Waals surface area (Å²) in [7, 11) is 0. The predicted molar refractivity (Wildman–Crippen MR) is 73.2 cm³/mol. The van der Waals surface area contributed by atoms with Gasteiger partial charge in [0.25, 0.3) is 0 Å². The van der Waals surface area contributed by atoms with Gasteiger partial charge in [-0.1, -0.05) is 38.7 Å². The molecule has 0 amide bonds. The third-order valence-corrected chi connectivity index (χ3v) is 3.41. The smallest absolute Gasteiger partial charge is 0.157 e. The van der Waals surface area contributed by atoms with Crippen molar-refractivity contribution in [2.75, 3.05) is 13.2 Å². The highest BCUT2D eigenvalue weighted by Gasteiger charge is 2.25. The molecule has 0 radical (unpaired) electrons. The topological polar surface area (TPSA) is 38.7 Å². The average Bonchev–Trinajstić information content (AvgIpc) is 2.39. The average molecular weight is 254 g/mol. The lowest BCUT2D eigenvalue weighted by molar-refractivity contribution is -0.190. The van der Waals surface area contributed by atoms with Crippen LogP contribution in [0.2, 0.25) is 0 Å². The van der Waals surface area contributed by atoms with Crippen LogP contribution in [0.1, 0.15) is 33.1 Å². The number of allylic oxidation sites excluding steroid dienone is 3. The second-order valence-corrected chi connectivity index (χ2v) is 5.11. The van der Waals surface area contributed by atoms with E-state index in [9.17, 15) is 5.11 Å². The number of rotatable bonds is 7. The zero-order chi connectivity index (χ0) is 13.4. The van der Waals surface area contributed by atoms with Crippen molar-refractivity contribution in [2.45, 2.75) is 45.5 Å². The molecule has 1 N–H and O–H groups in total. The second kappa shape index (κ2) is 8.46. The number of aliphatic hydroxyl groups is 1. The van der Waals surface area contributed by atoms with Crippen molar-refractivity contribution in [2.24, 2.45) is 11.8 Å². The minimum absolute atomic E-state index is 0.140. The first-order valence-electron chi connectivity index (χ1n) is 6.84. The van der Waals surface area contributed by atoms with Crippen LogP contribution in [0, 0.1) is 11.8 Å². The molecule has 104 valence electrons. The van der Waals surface area contributed by atoms with Gasteiger partial charge in [0, 0.05) is 6.42 Å². The molecule has 3 heteroatoms. The molecule has 1 saturated heterocycles. The number of aliphatic hydroxyl groups excluding tert-OH is 1. The van der Waals surface area contributed by atoms with E-state index in [-0.39, 0.29) is 24.2 Å². The van der Waals surface area contributed by atoms with Gasteiger partial charge in [0.1, 0.15) is 0 Å². The third-order valence-electron chi connectivity index (χ3n) is 3.41. The van der Waals surface area contributed by atoms with Crippen molar-refractivity contribution in [1.82, 2.24) is 0 Å². The van der Waals surface area contributed by atoms with Crippen LogP contribution in [0.15, 0.2) is 24.8 Å². The standard InChI is InChI=1S/C15H26O3/c1-4-5-6-8-12(2)15(16)13(3)11-14-17-9-7-10-18-14/h4-6,12-16H,1,7-11H2,2-3H3/b6-5+/t12-,13+,15+/m1/s1. The molecule has 0 aliphatic carbocycles. The minimum Gasteiger partial charge on any atom is -0.393 e. The quantitative estimate of drug-likeness (QED) is 0.710. The molecule has 0 bridgehead atoms. The van der Waals surface area contributed by atoms with E-state index < -0.39 is 0 Å². The maximum absolute atomic E-state index is 10.2. The summed E-state index contributed by atoms with van der Waals surface area (Å²) in [5.41, 5.74) is 0. The lowest BCUT2D eigenvalue weighted by atomic mass is 9.88. The molecule has 0 spiro atoms. The molecule has 1 aliphatic rings. The Morgan fingerprint density at radius 3 is 2.56 bits per heavy atom. The molecule has 3 nitrogen and oxygen atoms in total. The fourth-order valence-corrected chi connectivity index (χ4v) is 2.21. The predicted octanol–water partition coefficient (Wildman–Crippen LogP) is 2.90. The molecule has 0 aromatic carbocycles. The Morgan fingerprint density at radius 1 is 1.28 bits per heavy atom. The SMILES string of the molecule is C=C/C=C/C[C@@H](C)[C@H](O)[C@@H](C)CC1OCCCO1. The molecular weight excluding hydrogens is 228 g/mol. The Labute approximate surface area is 110 Å². The van der Waals surface area contributed by atoms with Crippen LogP contribution in [0.5, 0.6) is 0 Å². The second-order valence-electron chi connectivity index (χ2n) is 5.11. The number of ether oxygens (including phenoxy) is 2. The molecule has 0 aromatic heterocycles. The number of hydrogen-bond acceptors (Lipinski definition) is 3. The van der Waals surface area contributed by atoms with Crippen molar-refractivity contribution in [3.8, 4) is 0 Å². The minimum atomic E-state index is -0.325. The van der Waals surface area contributed by atoms with Crippen LogP contribution in [-0.4, -0.2) is 30.7 Å². The van der Waals surface area contributed by atoms with E-state index in [0.717, 1.165) is 32.5 Å². The van der Waals surface area contributed by atoms with Crippen LogP contribution < -0.4 is 0 Å². The number of hydrogen-bond donors (Lipinski definition) is 1. The van der Waals surface area contributed by atoms with Gasteiger partial charge in [-0.2, -0.15) is 0 Å². The summed E-state index contributed by atoms with van der Waals surface area (Å²) in [5, 5.41) is 10.2. The van der Waals surface area contributed by atoms with Crippen LogP contribution in [0.4, 0.5) is 0 Å². The molecule has 1 heterocycles. The molecular formula is C15H26O3.